The number of hydrogen-bond acceptors (Lipinski definition) is 4. The van der Waals surface area contributed by atoms with Crippen molar-refractivity contribution in [2.75, 3.05) is 39.8 Å². The van der Waals surface area contributed by atoms with Crippen molar-refractivity contribution < 1.29 is 13.2 Å². The molecule has 8 heteroatoms. The Hall–Kier alpha value is -1.15. The second-order valence-corrected chi connectivity index (χ2v) is 7.49. The van der Waals surface area contributed by atoms with Gasteiger partial charge >= 0.3 is 0 Å². The number of carbonyl (C=O) groups is 1. The fourth-order valence-corrected chi connectivity index (χ4v) is 3.56. The minimum atomic E-state index is -3.63. The summed E-state index contributed by atoms with van der Waals surface area (Å²) in [5.41, 5.74) is 0. The molecule has 22 heavy (non-hydrogen) atoms. The molecule has 0 spiro atoms. The second kappa shape index (κ2) is 7.41. The van der Waals surface area contributed by atoms with Crippen LogP contribution in [0.25, 0.3) is 0 Å². The lowest BCUT2D eigenvalue weighted by Gasteiger charge is -2.32. The van der Waals surface area contributed by atoms with E-state index < -0.39 is 10.0 Å². The summed E-state index contributed by atoms with van der Waals surface area (Å²) in [5, 5.41) is 0.358. The van der Waals surface area contributed by atoms with E-state index in [0.29, 0.717) is 18.1 Å². The highest BCUT2D eigenvalue weighted by Gasteiger charge is 2.20. The maximum Gasteiger partial charge on any atom is 0.240 e. The van der Waals surface area contributed by atoms with E-state index in [2.05, 4.69) is 9.62 Å². The molecule has 0 saturated carbocycles. The molecule has 1 fully saturated rings. The molecule has 1 heterocycles. The van der Waals surface area contributed by atoms with Gasteiger partial charge in [0, 0.05) is 44.2 Å². The summed E-state index contributed by atoms with van der Waals surface area (Å²) in [6.45, 7) is 3.16. The summed E-state index contributed by atoms with van der Waals surface area (Å²) >= 11 is 5.79. The van der Waals surface area contributed by atoms with E-state index in [0.717, 1.165) is 13.1 Å². The Labute approximate surface area is 136 Å². The monoisotopic (exact) mass is 345 g/mol. The topological polar surface area (TPSA) is 69.7 Å². The number of rotatable bonds is 5. The minimum absolute atomic E-state index is 0.0260. The van der Waals surface area contributed by atoms with Crippen molar-refractivity contribution in [3.63, 3.8) is 0 Å². The molecule has 0 atom stereocenters. The van der Waals surface area contributed by atoms with Gasteiger partial charge in [-0.15, -0.1) is 0 Å². The van der Waals surface area contributed by atoms with Crippen molar-refractivity contribution in [2.45, 2.75) is 11.3 Å². The van der Waals surface area contributed by atoms with Crippen LogP contribution in [0.1, 0.15) is 6.42 Å². The lowest BCUT2D eigenvalue weighted by molar-refractivity contribution is -0.132. The van der Waals surface area contributed by atoms with E-state index >= 15 is 0 Å². The van der Waals surface area contributed by atoms with Crippen molar-refractivity contribution in [1.29, 1.82) is 0 Å². The maximum atomic E-state index is 12.1. The van der Waals surface area contributed by atoms with Crippen LogP contribution < -0.4 is 4.72 Å². The number of sulfonamides is 1. The minimum Gasteiger partial charge on any atom is -0.340 e. The summed E-state index contributed by atoms with van der Waals surface area (Å²) in [6.07, 6.45) is 0.156. The van der Waals surface area contributed by atoms with Gasteiger partial charge in [0.25, 0.3) is 0 Å². The number of piperazine rings is 1. The fraction of sp³-hybridized carbons (Fsp3) is 0.500. The zero-order chi connectivity index (χ0) is 16.2. The van der Waals surface area contributed by atoms with Crippen LogP contribution in [0.3, 0.4) is 0 Å². The fourth-order valence-electron chi connectivity index (χ4n) is 2.22. The van der Waals surface area contributed by atoms with E-state index in [9.17, 15) is 13.2 Å². The van der Waals surface area contributed by atoms with Crippen LogP contribution >= 0.6 is 11.6 Å². The van der Waals surface area contributed by atoms with Gasteiger partial charge in [-0.3, -0.25) is 4.79 Å². The molecule has 1 aromatic rings. The van der Waals surface area contributed by atoms with Gasteiger partial charge < -0.3 is 9.80 Å². The zero-order valence-electron chi connectivity index (χ0n) is 12.5. The van der Waals surface area contributed by atoms with Crippen molar-refractivity contribution >= 4 is 27.5 Å². The molecule has 0 unspecified atom stereocenters. The van der Waals surface area contributed by atoms with Gasteiger partial charge in [0.15, 0.2) is 0 Å². The zero-order valence-corrected chi connectivity index (χ0v) is 14.0. The lowest BCUT2D eigenvalue weighted by atomic mass is 10.3. The molecular weight excluding hydrogens is 326 g/mol. The molecule has 0 aromatic heterocycles. The van der Waals surface area contributed by atoms with Crippen LogP contribution in [-0.2, 0) is 14.8 Å². The smallest absolute Gasteiger partial charge is 0.240 e. The van der Waals surface area contributed by atoms with Crippen LogP contribution in [0.2, 0.25) is 5.02 Å². The Morgan fingerprint density at radius 1 is 1.27 bits per heavy atom. The standard InChI is InChI=1S/C14H20ClN3O3S/c1-17-7-9-18(10-8-17)14(19)5-6-16-22(20,21)13-4-2-3-12(15)11-13/h2-4,11,16H,5-10H2,1H3. The normalized spacial score (nSPS) is 16.7. The highest BCUT2D eigenvalue weighted by atomic mass is 35.5. The first-order chi connectivity index (χ1) is 10.4. The first kappa shape index (κ1) is 17.2. The first-order valence-electron chi connectivity index (χ1n) is 7.10. The average Bonchev–Trinajstić information content (AvgIpc) is 2.47. The van der Waals surface area contributed by atoms with Gasteiger partial charge in [-0.25, -0.2) is 13.1 Å². The summed E-state index contributed by atoms with van der Waals surface area (Å²) in [5.74, 6) is -0.0260. The Bertz CT molecular complexity index is 628. The molecule has 1 aromatic carbocycles. The second-order valence-electron chi connectivity index (χ2n) is 5.29. The van der Waals surface area contributed by atoms with Crippen molar-refractivity contribution in [3.8, 4) is 0 Å². The highest BCUT2D eigenvalue weighted by molar-refractivity contribution is 7.89. The van der Waals surface area contributed by atoms with E-state index in [-0.39, 0.29) is 23.8 Å². The Balaban J connectivity index is 1.84. The third-order valence-electron chi connectivity index (χ3n) is 3.59. The van der Waals surface area contributed by atoms with Crippen LogP contribution in [0, 0.1) is 0 Å². The molecule has 1 aliphatic rings. The number of likely N-dealkylation sites (N-methyl/N-ethyl adjacent to an activating group) is 1. The van der Waals surface area contributed by atoms with Crippen LogP contribution in [0.5, 0.6) is 0 Å². The van der Waals surface area contributed by atoms with Crippen LogP contribution in [0.15, 0.2) is 29.2 Å². The third kappa shape index (κ3) is 4.67. The first-order valence-corrected chi connectivity index (χ1v) is 8.96. The maximum absolute atomic E-state index is 12.1. The van der Waals surface area contributed by atoms with Gasteiger partial charge in [0.1, 0.15) is 0 Å². The molecule has 6 nitrogen and oxygen atoms in total. The van der Waals surface area contributed by atoms with Crippen molar-refractivity contribution in [1.82, 2.24) is 14.5 Å². The van der Waals surface area contributed by atoms with Crippen LogP contribution in [-0.4, -0.2) is 63.9 Å². The number of hydrogen-bond donors (Lipinski definition) is 1. The summed E-state index contributed by atoms with van der Waals surface area (Å²) in [7, 11) is -1.62. The third-order valence-corrected chi connectivity index (χ3v) is 5.29. The van der Waals surface area contributed by atoms with E-state index in [4.69, 9.17) is 11.6 Å². The van der Waals surface area contributed by atoms with Crippen molar-refractivity contribution in [2.24, 2.45) is 0 Å². The van der Waals surface area contributed by atoms with Gasteiger partial charge in [0.2, 0.25) is 15.9 Å². The largest absolute Gasteiger partial charge is 0.340 e. The van der Waals surface area contributed by atoms with Gasteiger partial charge in [-0.05, 0) is 25.2 Å². The summed E-state index contributed by atoms with van der Waals surface area (Å²) in [4.78, 5) is 16.1. The van der Waals surface area contributed by atoms with E-state index in [1.54, 1.807) is 17.0 Å². The van der Waals surface area contributed by atoms with Gasteiger partial charge in [-0.1, -0.05) is 17.7 Å². The molecule has 1 aliphatic heterocycles. The molecule has 0 aliphatic carbocycles. The Morgan fingerprint density at radius 3 is 2.59 bits per heavy atom. The predicted octanol–water partition coefficient (Wildman–Crippen LogP) is 0.782. The Kier molecular flexibility index (Phi) is 5.80. The summed E-state index contributed by atoms with van der Waals surface area (Å²) in [6, 6.07) is 6.03. The number of nitrogens with zero attached hydrogens (tertiary/aromatic N) is 2. The number of nitrogens with one attached hydrogen (secondary N) is 1. The lowest BCUT2D eigenvalue weighted by Crippen LogP contribution is -2.47. The molecule has 1 saturated heterocycles. The molecule has 1 amide bonds. The summed E-state index contributed by atoms with van der Waals surface area (Å²) < 4.78 is 26.6. The number of carbonyl (C=O) groups excluding carboxylic acids is 1. The Morgan fingerprint density at radius 2 is 1.95 bits per heavy atom. The van der Waals surface area contributed by atoms with Crippen LogP contribution in [0.4, 0.5) is 0 Å². The van der Waals surface area contributed by atoms with Gasteiger partial charge in [-0.2, -0.15) is 0 Å². The van der Waals surface area contributed by atoms with Gasteiger partial charge in [0.05, 0.1) is 4.90 Å². The molecule has 0 radical (unpaired) electrons. The number of halogens is 1. The van der Waals surface area contributed by atoms with Crippen molar-refractivity contribution in [3.05, 3.63) is 29.3 Å². The number of benzene rings is 1. The van der Waals surface area contributed by atoms with E-state index in [1.807, 2.05) is 7.05 Å². The predicted molar refractivity (Wildman–Crippen MR) is 85.3 cm³/mol. The quantitative estimate of drug-likeness (QED) is 0.856. The number of amides is 1. The average molecular weight is 346 g/mol. The highest BCUT2D eigenvalue weighted by Crippen LogP contribution is 2.15. The van der Waals surface area contributed by atoms with E-state index in [1.165, 1.54) is 12.1 Å². The molecule has 2 rings (SSSR count). The SMILES string of the molecule is CN1CCN(C(=O)CCNS(=O)(=O)c2cccc(Cl)c2)CC1. The molecule has 122 valence electrons. The molecule has 0 bridgehead atoms. The molecule has 1 N–H and O–H groups in total. The molecular formula is C14H20ClN3O3S.